The van der Waals surface area contributed by atoms with Crippen molar-refractivity contribution in [3.63, 3.8) is 0 Å². The summed E-state index contributed by atoms with van der Waals surface area (Å²) in [5, 5.41) is 0. The number of rotatable bonds is 4. The average Bonchev–Trinajstić information content (AvgIpc) is 1.99. The van der Waals surface area contributed by atoms with Crippen molar-refractivity contribution in [2.75, 3.05) is 0 Å². The zero-order valence-corrected chi connectivity index (χ0v) is 7.48. The second-order valence-corrected chi connectivity index (χ2v) is 2.84. The molecule has 0 aromatic carbocycles. The Morgan fingerprint density at radius 3 is 2.08 bits per heavy atom. The van der Waals surface area contributed by atoms with Gasteiger partial charge in [-0.1, -0.05) is 45.2 Å². The van der Waals surface area contributed by atoms with Gasteiger partial charge >= 0.3 is 0 Å². The molecular weight excluding hydrogens is 158 g/mol. The average molecular weight is 172 g/mol. The van der Waals surface area contributed by atoms with E-state index in [4.69, 9.17) is 0 Å². The van der Waals surface area contributed by atoms with E-state index in [1.54, 1.807) is 0 Å². The molecule has 0 saturated carbocycles. The molecule has 0 aliphatic heterocycles. The lowest BCUT2D eigenvalue weighted by atomic mass is 9.97. The molecule has 0 spiro atoms. The van der Waals surface area contributed by atoms with Crippen molar-refractivity contribution in [3.8, 4) is 0 Å². The maximum Gasteiger partial charge on any atom is 0.275 e. The summed E-state index contributed by atoms with van der Waals surface area (Å²) in [7, 11) is 0. The first-order valence-electron chi connectivity index (χ1n) is 3.80. The van der Waals surface area contributed by atoms with Gasteiger partial charge in [0.25, 0.3) is 5.92 Å². The molecule has 0 fully saturated rings. The number of alkyl halides is 2. The molecular formula is C10H14F2. The summed E-state index contributed by atoms with van der Waals surface area (Å²) in [6.45, 7) is 9.64. The van der Waals surface area contributed by atoms with Gasteiger partial charge in [-0.3, -0.25) is 0 Å². The molecule has 0 amide bonds. The highest BCUT2D eigenvalue weighted by Gasteiger charge is 2.35. The van der Waals surface area contributed by atoms with Crippen LogP contribution in [0.2, 0.25) is 0 Å². The number of allylic oxidation sites excluding steroid dienone is 4. The van der Waals surface area contributed by atoms with Gasteiger partial charge in [0.05, 0.1) is 0 Å². The Morgan fingerprint density at radius 2 is 1.83 bits per heavy atom. The van der Waals surface area contributed by atoms with Crippen molar-refractivity contribution in [2.24, 2.45) is 5.92 Å². The molecule has 0 aliphatic rings. The van der Waals surface area contributed by atoms with Gasteiger partial charge < -0.3 is 0 Å². The van der Waals surface area contributed by atoms with Gasteiger partial charge in [0.1, 0.15) is 0 Å². The van der Waals surface area contributed by atoms with E-state index in [0.29, 0.717) is 0 Å². The van der Waals surface area contributed by atoms with Crippen molar-refractivity contribution in [2.45, 2.75) is 19.8 Å². The first-order chi connectivity index (χ1) is 5.46. The van der Waals surface area contributed by atoms with Crippen LogP contribution in [0, 0.1) is 5.92 Å². The molecule has 12 heavy (non-hydrogen) atoms. The SMILES string of the molecule is C=C/C=C(\C=C)C(F)(F)C(C)C. The Hall–Kier alpha value is -0.920. The van der Waals surface area contributed by atoms with Crippen molar-refractivity contribution in [1.82, 2.24) is 0 Å². The van der Waals surface area contributed by atoms with Crippen molar-refractivity contribution < 1.29 is 8.78 Å². The summed E-state index contributed by atoms with van der Waals surface area (Å²) in [5.74, 6) is -3.53. The van der Waals surface area contributed by atoms with Gasteiger partial charge in [0, 0.05) is 11.5 Å². The zero-order chi connectivity index (χ0) is 9.78. The zero-order valence-electron chi connectivity index (χ0n) is 7.48. The lowest BCUT2D eigenvalue weighted by Gasteiger charge is -2.21. The predicted octanol–water partition coefficient (Wildman–Crippen LogP) is 3.58. The van der Waals surface area contributed by atoms with Crippen LogP contribution in [-0.4, -0.2) is 5.92 Å². The molecule has 0 N–H and O–H groups in total. The van der Waals surface area contributed by atoms with Crippen LogP contribution < -0.4 is 0 Å². The Balaban J connectivity index is 4.83. The molecule has 0 aromatic rings. The smallest absolute Gasteiger partial charge is 0.201 e. The van der Waals surface area contributed by atoms with E-state index >= 15 is 0 Å². The second kappa shape index (κ2) is 4.19. The minimum atomic E-state index is -2.81. The number of hydrogen-bond donors (Lipinski definition) is 0. The molecule has 2 heteroatoms. The van der Waals surface area contributed by atoms with E-state index in [2.05, 4.69) is 13.2 Å². The van der Waals surface area contributed by atoms with Crippen LogP contribution in [0.1, 0.15) is 13.8 Å². The predicted molar refractivity (Wildman–Crippen MR) is 48.3 cm³/mol. The van der Waals surface area contributed by atoms with Crippen LogP contribution in [0.15, 0.2) is 37.0 Å². The second-order valence-electron chi connectivity index (χ2n) is 2.84. The van der Waals surface area contributed by atoms with E-state index in [1.807, 2.05) is 0 Å². The maximum absolute atomic E-state index is 13.2. The summed E-state index contributed by atoms with van der Waals surface area (Å²) in [5.41, 5.74) is -0.0764. The van der Waals surface area contributed by atoms with Gasteiger partial charge in [-0.2, -0.15) is 0 Å². The Kier molecular flexibility index (Phi) is 3.87. The summed E-state index contributed by atoms with van der Waals surface area (Å²) in [6.07, 6.45) is 3.79. The molecule has 0 rings (SSSR count). The third-order valence-electron chi connectivity index (χ3n) is 1.63. The van der Waals surface area contributed by atoms with Crippen molar-refractivity contribution >= 4 is 0 Å². The van der Waals surface area contributed by atoms with Crippen molar-refractivity contribution in [1.29, 1.82) is 0 Å². The normalized spacial score (nSPS) is 13.2. The molecule has 68 valence electrons. The van der Waals surface area contributed by atoms with Crippen LogP contribution in [0.4, 0.5) is 8.78 Å². The third kappa shape index (κ3) is 2.29. The molecule has 0 nitrogen and oxygen atoms in total. The molecule has 0 unspecified atom stereocenters. The lowest BCUT2D eigenvalue weighted by Crippen LogP contribution is -2.25. The van der Waals surface area contributed by atoms with E-state index in [0.717, 1.165) is 0 Å². The summed E-state index contributed by atoms with van der Waals surface area (Å²) in [6, 6.07) is 0. The quantitative estimate of drug-likeness (QED) is 0.568. The lowest BCUT2D eigenvalue weighted by molar-refractivity contribution is -0.00265. The standard InChI is InChI=1S/C10H14F2/c1-5-7-9(6-2)10(11,12)8(3)4/h5-8H,1-2H2,3-4H3/b9-7+. The van der Waals surface area contributed by atoms with Gasteiger partial charge in [-0.25, -0.2) is 8.78 Å². The first-order valence-corrected chi connectivity index (χ1v) is 3.80. The Labute approximate surface area is 72.3 Å². The van der Waals surface area contributed by atoms with Crippen LogP contribution >= 0.6 is 0 Å². The molecule has 0 aromatic heterocycles. The maximum atomic E-state index is 13.2. The van der Waals surface area contributed by atoms with Gasteiger partial charge in [-0.15, -0.1) is 0 Å². The topological polar surface area (TPSA) is 0 Å². The molecule has 0 aliphatic carbocycles. The Morgan fingerprint density at radius 1 is 1.33 bits per heavy atom. The van der Waals surface area contributed by atoms with E-state index in [9.17, 15) is 8.78 Å². The number of hydrogen-bond acceptors (Lipinski definition) is 0. The minimum Gasteiger partial charge on any atom is -0.201 e. The highest BCUT2D eigenvalue weighted by atomic mass is 19.3. The third-order valence-corrected chi connectivity index (χ3v) is 1.63. The summed E-state index contributed by atoms with van der Waals surface area (Å²) < 4.78 is 26.4. The molecule has 0 heterocycles. The van der Waals surface area contributed by atoms with Gasteiger partial charge in [0.2, 0.25) is 0 Å². The largest absolute Gasteiger partial charge is 0.275 e. The highest BCUT2D eigenvalue weighted by Crippen LogP contribution is 2.32. The van der Waals surface area contributed by atoms with Gasteiger partial charge in [0.15, 0.2) is 0 Å². The molecule has 0 atom stereocenters. The van der Waals surface area contributed by atoms with Crippen LogP contribution in [0.3, 0.4) is 0 Å². The fourth-order valence-electron chi connectivity index (χ4n) is 0.776. The van der Waals surface area contributed by atoms with E-state index in [-0.39, 0.29) is 5.57 Å². The fraction of sp³-hybridized carbons (Fsp3) is 0.400. The van der Waals surface area contributed by atoms with Crippen LogP contribution in [-0.2, 0) is 0 Å². The highest BCUT2D eigenvalue weighted by molar-refractivity contribution is 5.28. The molecule has 0 saturated heterocycles. The minimum absolute atomic E-state index is 0.0764. The van der Waals surface area contributed by atoms with Crippen LogP contribution in [0.5, 0.6) is 0 Å². The van der Waals surface area contributed by atoms with Crippen LogP contribution in [0.25, 0.3) is 0 Å². The molecule has 0 bridgehead atoms. The van der Waals surface area contributed by atoms with Crippen molar-refractivity contribution in [3.05, 3.63) is 37.0 Å². The monoisotopic (exact) mass is 172 g/mol. The molecule has 0 radical (unpaired) electrons. The number of halogens is 2. The Bertz CT molecular complexity index is 200. The summed E-state index contributed by atoms with van der Waals surface area (Å²) in [4.78, 5) is 0. The fourth-order valence-corrected chi connectivity index (χ4v) is 0.776. The summed E-state index contributed by atoms with van der Waals surface area (Å²) >= 11 is 0. The van der Waals surface area contributed by atoms with Gasteiger partial charge in [-0.05, 0) is 0 Å². The van der Waals surface area contributed by atoms with E-state index < -0.39 is 11.8 Å². The van der Waals surface area contributed by atoms with E-state index in [1.165, 1.54) is 32.1 Å². The first kappa shape index (κ1) is 11.1.